The van der Waals surface area contributed by atoms with Crippen molar-refractivity contribution >= 4 is 0 Å². The first-order chi connectivity index (χ1) is 12.0. The van der Waals surface area contributed by atoms with Crippen LogP contribution in [-0.2, 0) is 20.6 Å². The molecule has 0 radical (unpaired) electrons. The van der Waals surface area contributed by atoms with E-state index in [0.29, 0.717) is 16.8 Å². The van der Waals surface area contributed by atoms with E-state index < -0.39 is 11.4 Å². The molecule has 2 heterocycles. The van der Waals surface area contributed by atoms with Crippen molar-refractivity contribution < 1.29 is 8.78 Å². The molecule has 0 saturated carbocycles. The zero-order chi connectivity index (χ0) is 20.3. The molecule has 0 fully saturated rings. The van der Waals surface area contributed by atoms with E-state index in [2.05, 4.69) is 0 Å². The van der Waals surface area contributed by atoms with Crippen molar-refractivity contribution in [1.82, 2.24) is 9.13 Å². The monoisotopic (exact) mass is 364 g/mol. The SMILES string of the molecule is Cc1c(F)c(C)n(C)c(=O)c1C#N.Cc1c(F)c(C)n(C)c(=O)c1CN. The second kappa shape index (κ2) is 8.06. The van der Waals surface area contributed by atoms with E-state index in [-0.39, 0.29) is 34.7 Å². The Balaban J connectivity index is 0.000000260. The fourth-order valence-corrected chi connectivity index (χ4v) is 2.45. The molecule has 0 atom stereocenters. The molecule has 8 heteroatoms. The van der Waals surface area contributed by atoms with E-state index in [9.17, 15) is 18.4 Å². The molecule has 0 saturated heterocycles. The molecule has 6 nitrogen and oxygen atoms in total. The summed E-state index contributed by atoms with van der Waals surface area (Å²) in [5.41, 5.74) is 6.03. The van der Waals surface area contributed by atoms with Gasteiger partial charge in [0.15, 0.2) is 0 Å². The lowest BCUT2D eigenvalue weighted by molar-refractivity contribution is 0.572. The van der Waals surface area contributed by atoms with Gasteiger partial charge in [-0.1, -0.05) is 0 Å². The van der Waals surface area contributed by atoms with Crippen LogP contribution >= 0.6 is 0 Å². The molecule has 0 amide bonds. The van der Waals surface area contributed by atoms with Crippen molar-refractivity contribution in [3.05, 3.63) is 66.0 Å². The smallest absolute Gasteiger partial charge is 0.268 e. The van der Waals surface area contributed by atoms with Crippen molar-refractivity contribution in [2.24, 2.45) is 19.8 Å². The number of pyridine rings is 2. The van der Waals surface area contributed by atoms with Crippen LogP contribution in [0.25, 0.3) is 0 Å². The summed E-state index contributed by atoms with van der Waals surface area (Å²) >= 11 is 0. The molecule has 0 aliphatic rings. The number of hydrogen-bond acceptors (Lipinski definition) is 4. The summed E-state index contributed by atoms with van der Waals surface area (Å²) in [5.74, 6) is -0.832. The Hall–Kier alpha value is -2.79. The van der Waals surface area contributed by atoms with Crippen LogP contribution in [0.15, 0.2) is 9.59 Å². The summed E-state index contributed by atoms with van der Waals surface area (Å²) in [4.78, 5) is 22.9. The third kappa shape index (κ3) is 3.58. The fraction of sp³-hybridized carbons (Fsp3) is 0.389. The average molecular weight is 364 g/mol. The molecule has 140 valence electrons. The number of rotatable bonds is 1. The first-order valence-corrected chi connectivity index (χ1v) is 7.81. The normalized spacial score (nSPS) is 10.2. The van der Waals surface area contributed by atoms with Crippen LogP contribution in [0.1, 0.15) is 33.6 Å². The Bertz CT molecular complexity index is 1010. The number of hydrogen-bond donors (Lipinski definition) is 1. The lowest BCUT2D eigenvalue weighted by Crippen LogP contribution is -2.27. The third-order valence-corrected chi connectivity index (χ3v) is 4.52. The maximum Gasteiger partial charge on any atom is 0.268 e. The molecule has 2 aromatic heterocycles. The topological polar surface area (TPSA) is 93.8 Å². The highest BCUT2D eigenvalue weighted by Gasteiger charge is 2.14. The molecule has 2 aromatic rings. The van der Waals surface area contributed by atoms with Gasteiger partial charge in [0.25, 0.3) is 11.1 Å². The minimum Gasteiger partial charge on any atom is -0.326 e. The predicted molar refractivity (Wildman–Crippen MR) is 94.8 cm³/mol. The lowest BCUT2D eigenvalue weighted by Gasteiger charge is -2.10. The molecule has 0 aromatic carbocycles. The van der Waals surface area contributed by atoms with Crippen LogP contribution < -0.4 is 16.9 Å². The van der Waals surface area contributed by atoms with Crippen molar-refractivity contribution in [3.8, 4) is 6.07 Å². The van der Waals surface area contributed by atoms with Gasteiger partial charge in [0.2, 0.25) is 0 Å². The van der Waals surface area contributed by atoms with Crippen molar-refractivity contribution in [2.45, 2.75) is 34.2 Å². The van der Waals surface area contributed by atoms with Gasteiger partial charge >= 0.3 is 0 Å². The zero-order valence-corrected chi connectivity index (χ0v) is 15.7. The molecule has 0 bridgehead atoms. The van der Waals surface area contributed by atoms with Crippen LogP contribution in [0.2, 0.25) is 0 Å². The summed E-state index contributed by atoms with van der Waals surface area (Å²) in [5, 5.41) is 8.61. The Morgan fingerprint density at radius 2 is 1.35 bits per heavy atom. The number of nitrogens with zero attached hydrogens (tertiary/aromatic N) is 3. The quantitative estimate of drug-likeness (QED) is 0.832. The highest BCUT2D eigenvalue weighted by molar-refractivity contribution is 5.37. The molecular formula is C18H22F2N4O2. The van der Waals surface area contributed by atoms with Crippen LogP contribution in [0.5, 0.6) is 0 Å². The standard InChI is InChI=1S/C9H13FN2O.C9H9FN2O/c2*1-5-7(4-11)9(13)12(3)6(2)8(5)10/h4,11H2,1-3H3;1-3H3. The van der Waals surface area contributed by atoms with Gasteiger partial charge in [-0.2, -0.15) is 5.26 Å². The maximum absolute atomic E-state index is 13.4. The minimum atomic E-state index is -0.487. The van der Waals surface area contributed by atoms with Crippen LogP contribution in [0.3, 0.4) is 0 Å². The first-order valence-electron chi connectivity index (χ1n) is 7.81. The summed E-state index contributed by atoms with van der Waals surface area (Å²) in [6.07, 6.45) is 0. The predicted octanol–water partition coefficient (Wildman–Crippen LogP) is 1.61. The molecule has 2 rings (SSSR count). The summed E-state index contributed by atoms with van der Waals surface area (Å²) in [6, 6.07) is 1.70. The van der Waals surface area contributed by atoms with E-state index in [1.54, 1.807) is 27.0 Å². The van der Waals surface area contributed by atoms with E-state index in [4.69, 9.17) is 11.0 Å². The fourth-order valence-electron chi connectivity index (χ4n) is 2.45. The van der Waals surface area contributed by atoms with Crippen LogP contribution in [0, 0.1) is 50.7 Å². The first kappa shape index (κ1) is 21.3. The van der Waals surface area contributed by atoms with Crippen molar-refractivity contribution in [3.63, 3.8) is 0 Å². The van der Waals surface area contributed by atoms with Crippen molar-refractivity contribution in [2.75, 3.05) is 0 Å². The van der Waals surface area contributed by atoms with Gasteiger partial charge in [0.05, 0.1) is 11.4 Å². The van der Waals surface area contributed by atoms with E-state index in [0.717, 1.165) is 4.57 Å². The van der Waals surface area contributed by atoms with E-state index in [1.807, 2.05) is 0 Å². The number of aromatic nitrogens is 2. The number of halogens is 2. The second-order valence-corrected chi connectivity index (χ2v) is 5.95. The van der Waals surface area contributed by atoms with Gasteiger partial charge in [-0.3, -0.25) is 9.59 Å². The van der Waals surface area contributed by atoms with E-state index in [1.165, 1.54) is 25.5 Å². The van der Waals surface area contributed by atoms with Gasteiger partial charge < -0.3 is 14.9 Å². The van der Waals surface area contributed by atoms with Gasteiger partial charge in [-0.05, 0) is 33.3 Å². The highest BCUT2D eigenvalue weighted by atomic mass is 19.1. The second-order valence-electron chi connectivity index (χ2n) is 5.95. The minimum absolute atomic E-state index is 0.0791. The zero-order valence-electron chi connectivity index (χ0n) is 15.7. The summed E-state index contributed by atoms with van der Waals surface area (Å²) < 4.78 is 29.1. The molecule has 26 heavy (non-hydrogen) atoms. The molecular weight excluding hydrogens is 342 g/mol. The molecule has 0 aliphatic carbocycles. The summed E-state index contributed by atoms with van der Waals surface area (Å²) in [7, 11) is 2.99. The Morgan fingerprint density at radius 1 is 0.923 bits per heavy atom. The van der Waals surface area contributed by atoms with Crippen molar-refractivity contribution in [1.29, 1.82) is 5.26 Å². The van der Waals surface area contributed by atoms with Gasteiger partial charge in [-0.15, -0.1) is 0 Å². The van der Waals surface area contributed by atoms with Crippen LogP contribution in [-0.4, -0.2) is 9.13 Å². The maximum atomic E-state index is 13.4. The molecule has 0 spiro atoms. The summed E-state index contributed by atoms with van der Waals surface area (Å²) in [6.45, 7) is 6.17. The Kier molecular flexibility index (Phi) is 6.59. The van der Waals surface area contributed by atoms with Gasteiger partial charge in [-0.25, -0.2) is 8.78 Å². The Morgan fingerprint density at radius 3 is 1.77 bits per heavy atom. The average Bonchev–Trinajstić information content (AvgIpc) is 2.63. The third-order valence-electron chi connectivity index (χ3n) is 4.52. The number of nitrogens with two attached hydrogens (primary N) is 1. The van der Waals surface area contributed by atoms with Crippen LogP contribution in [0.4, 0.5) is 8.78 Å². The molecule has 2 N–H and O–H groups in total. The number of nitriles is 1. The largest absolute Gasteiger partial charge is 0.326 e. The van der Waals surface area contributed by atoms with Gasteiger partial charge in [0, 0.05) is 31.8 Å². The highest BCUT2D eigenvalue weighted by Crippen LogP contribution is 2.12. The Labute approximate surface area is 150 Å². The molecule has 0 aliphatic heterocycles. The van der Waals surface area contributed by atoms with Gasteiger partial charge in [0.1, 0.15) is 23.3 Å². The molecule has 0 unspecified atom stereocenters. The lowest BCUT2D eigenvalue weighted by atomic mass is 10.1. The van der Waals surface area contributed by atoms with E-state index >= 15 is 0 Å².